The SMILES string of the molecule is NCCCCS(=O)(=O)NC1CCCc2sccc21. The molecule has 0 aliphatic heterocycles. The molecule has 0 amide bonds. The Morgan fingerprint density at radius 1 is 1.44 bits per heavy atom. The minimum Gasteiger partial charge on any atom is -0.330 e. The number of nitrogens with one attached hydrogen (secondary N) is 1. The molecule has 1 aliphatic carbocycles. The van der Waals surface area contributed by atoms with Crippen LogP contribution in [0.25, 0.3) is 0 Å². The highest BCUT2D eigenvalue weighted by molar-refractivity contribution is 7.89. The lowest BCUT2D eigenvalue weighted by Crippen LogP contribution is -2.32. The second kappa shape index (κ2) is 6.14. The van der Waals surface area contributed by atoms with Gasteiger partial charge < -0.3 is 5.73 Å². The third-order valence-corrected chi connectivity index (χ3v) is 5.71. The fraction of sp³-hybridized carbons (Fsp3) is 0.667. The highest BCUT2D eigenvalue weighted by atomic mass is 32.2. The van der Waals surface area contributed by atoms with Crippen LogP contribution in [-0.2, 0) is 16.4 Å². The number of nitrogens with two attached hydrogens (primary N) is 1. The van der Waals surface area contributed by atoms with Crippen LogP contribution in [0, 0.1) is 0 Å². The van der Waals surface area contributed by atoms with Crippen molar-refractivity contribution >= 4 is 21.4 Å². The van der Waals surface area contributed by atoms with Gasteiger partial charge in [0.2, 0.25) is 10.0 Å². The summed E-state index contributed by atoms with van der Waals surface area (Å²) in [5.74, 6) is 0.181. The summed E-state index contributed by atoms with van der Waals surface area (Å²) in [7, 11) is -3.17. The van der Waals surface area contributed by atoms with Crippen molar-refractivity contribution in [1.82, 2.24) is 4.72 Å². The van der Waals surface area contributed by atoms with Gasteiger partial charge in [-0.3, -0.25) is 0 Å². The highest BCUT2D eigenvalue weighted by Gasteiger charge is 2.25. The second-order valence-corrected chi connectivity index (χ2v) is 7.55. The predicted molar refractivity (Wildman–Crippen MR) is 75.2 cm³/mol. The predicted octanol–water partition coefficient (Wildman–Crippen LogP) is 1.78. The average molecular weight is 288 g/mol. The van der Waals surface area contributed by atoms with Gasteiger partial charge in [0.15, 0.2) is 0 Å². The van der Waals surface area contributed by atoms with Crippen LogP contribution in [0.4, 0.5) is 0 Å². The summed E-state index contributed by atoms with van der Waals surface area (Å²) < 4.78 is 26.7. The molecule has 0 spiro atoms. The normalized spacial score (nSPS) is 19.7. The van der Waals surface area contributed by atoms with Crippen molar-refractivity contribution < 1.29 is 8.42 Å². The van der Waals surface area contributed by atoms with Gasteiger partial charge in [-0.15, -0.1) is 11.3 Å². The summed E-state index contributed by atoms with van der Waals surface area (Å²) in [5, 5.41) is 2.05. The van der Waals surface area contributed by atoms with Crippen LogP contribution >= 0.6 is 11.3 Å². The summed E-state index contributed by atoms with van der Waals surface area (Å²) in [6.07, 6.45) is 4.44. The van der Waals surface area contributed by atoms with E-state index in [9.17, 15) is 8.42 Å². The van der Waals surface area contributed by atoms with E-state index < -0.39 is 10.0 Å². The molecule has 1 aromatic heterocycles. The minimum absolute atomic E-state index is 0.0251. The van der Waals surface area contributed by atoms with Crippen LogP contribution in [0.15, 0.2) is 11.4 Å². The van der Waals surface area contributed by atoms with E-state index in [0.717, 1.165) is 25.7 Å². The number of hydrogen-bond acceptors (Lipinski definition) is 4. The van der Waals surface area contributed by atoms with Crippen LogP contribution in [0.1, 0.15) is 42.2 Å². The molecule has 6 heteroatoms. The standard InChI is InChI=1S/C12H20N2O2S2/c13-7-1-2-9-18(15,16)14-11-4-3-5-12-10(11)6-8-17-12/h6,8,11,14H,1-5,7,9,13H2. The summed E-state index contributed by atoms with van der Waals surface area (Å²) in [5.41, 5.74) is 6.55. The van der Waals surface area contributed by atoms with Crippen molar-refractivity contribution in [2.45, 2.75) is 38.1 Å². The minimum atomic E-state index is -3.17. The number of unbranched alkanes of at least 4 members (excludes halogenated alkanes) is 1. The highest BCUT2D eigenvalue weighted by Crippen LogP contribution is 2.33. The van der Waals surface area contributed by atoms with Gasteiger partial charge in [-0.2, -0.15) is 0 Å². The van der Waals surface area contributed by atoms with Gasteiger partial charge in [-0.05, 0) is 55.7 Å². The third kappa shape index (κ3) is 3.54. The first-order valence-corrected chi connectivity index (χ1v) is 8.92. The van der Waals surface area contributed by atoms with Crippen LogP contribution in [0.5, 0.6) is 0 Å². The Balaban J connectivity index is 1.98. The molecular formula is C12H20N2O2S2. The lowest BCUT2D eigenvalue weighted by Gasteiger charge is -2.23. The van der Waals surface area contributed by atoms with Crippen molar-refractivity contribution in [2.75, 3.05) is 12.3 Å². The third-order valence-electron chi connectivity index (χ3n) is 3.24. The second-order valence-electron chi connectivity index (χ2n) is 4.68. The number of thiophene rings is 1. The van der Waals surface area contributed by atoms with Crippen molar-refractivity contribution in [1.29, 1.82) is 0 Å². The summed E-state index contributed by atoms with van der Waals surface area (Å²) in [6.45, 7) is 0.549. The molecule has 0 fully saturated rings. The zero-order valence-corrected chi connectivity index (χ0v) is 12.0. The first-order valence-electron chi connectivity index (χ1n) is 6.39. The van der Waals surface area contributed by atoms with E-state index in [1.54, 1.807) is 11.3 Å². The fourth-order valence-electron chi connectivity index (χ4n) is 2.32. The summed E-state index contributed by atoms with van der Waals surface area (Å²) in [4.78, 5) is 1.33. The zero-order chi connectivity index (χ0) is 13.0. The van der Waals surface area contributed by atoms with Gasteiger partial charge in [0, 0.05) is 10.9 Å². The Morgan fingerprint density at radius 3 is 3.06 bits per heavy atom. The lowest BCUT2D eigenvalue weighted by molar-refractivity contribution is 0.510. The van der Waals surface area contributed by atoms with Crippen molar-refractivity contribution in [3.05, 3.63) is 21.9 Å². The molecule has 1 aliphatic rings. The molecule has 1 aromatic rings. The Morgan fingerprint density at radius 2 is 2.28 bits per heavy atom. The van der Waals surface area contributed by atoms with Crippen LogP contribution in [0.3, 0.4) is 0 Å². The number of fused-ring (bicyclic) bond motifs is 1. The summed E-state index contributed by atoms with van der Waals surface area (Å²) in [6, 6.07) is 2.02. The first-order chi connectivity index (χ1) is 8.62. The molecule has 0 saturated heterocycles. The van der Waals surface area contributed by atoms with Crippen molar-refractivity contribution in [2.24, 2.45) is 5.73 Å². The maximum Gasteiger partial charge on any atom is 0.212 e. The number of sulfonamides is 1. The number of aryl methyl sites for hydroxylation is 1. The van der Waals surface area contributed by atoms with Crippen LogP contribution in [0.2, 0.25) is 0 Å². The van der Waals surface area contributed by atoms with Gasteiger partial charge in [0.1, 0.15) is 0 Å². The molecule has 1 heterocycles. The largest absolute Gasteiger partial charge is 0.330 e. The summed E-state index contributed by atoms with van der Waals surface area (Å²) >= 11 is 1.73. The van der Waals surface area contributed by atoms with Crippen LogP contribution in [-0.4, -0.2) is 20.7 Å². The van der Waals surface area contributed by atoms with E-state index in [-0.39, 0.29) is 11.8 Å². The first kappa shape index (κ1) is 14.0. The number of rotatable bonds is 6. The fourth-order valence-corrected chi connectivity index (χ4v) is 4.69. The molecule has 1 unspecified atom stereocenters. The molecule has 0 radical (unpaired) electrons. The Bertz CT molecular complexity index is 482. The van der Waals surface area contributed by atoms with Gasteiger partial charge in [0.25, 0.3) is 0 Å². The van der Waals surface area contributed by atoms with E-state index in [4.69, 9.17) is 5.73 Å². The van der Waals surface area contributed by atoms with Gasteiger partial charge in [-0.1, -0.05) is 0 Å². The van der Waals surface area contributed by atoms with Gasteiger partial charge >= 0.3 is 0 Å². The van der Waals surface area contributed by atoms with E-state index in [2.05, 4.69) is 4.72 Å². The molecule has 4 nitrogen and oxygen atoms in total. The van der Waals surface area contributed by atoms with E-state index >= 15 is 0 Å². The number of hydrogen-bond donors (Lipinski definition) is 2. The molecule has 102 valence electrons. The maximum atomic E-state index is 12.0. The monoisotopic (exact) mass is 288 g/mol. The Kier molecular flexibility index (Phi) is 4.77. The molecule has 3 N–H and O–H groups in total. The Labute approximate surface area is 113 Å². The van der Waals surface area contributed by atoms with Crippen molar-refractivity contribution in [3.63, 3.8) is 0 Å². The maximum absolute atomic E-state index is 12.0. The molecular weight excluding hydrogens is 268 g/mol. The quantitative estimate of drug-likeness (QED) is 0.784. The van der Waals surface area contributed by atoms with E-state index in [1.165, 1.54) is 10.4 Å². The van der Waals surface area contributed by atoms with Crippen molar-refractivity contribution in [3.8, 4) is 0 Å². The smallest absolute Gasteiger partial charge is 0.212 e. The molecule has 18 heavy (non-hydrogen) atoms. The average Bonchev–Trinajstić information content (AvgIpc) is 2.78. The van der Waals surface area contributed by atoms with Gasteiger partial charge in [-0.25, -0.2) is 13.1 Å². The topological polar surface area (TPSA) is 72.2 Å². The Hall–Kier alpha value is -0.430. The van der Waals surface area contributed by atoms with E-state index in [1.807, 2.05) is 11.4 Å². The molecule has 0 aromatic carbocycles. The molecule has 0 bridgehead atoms. The van der Waals surface area contributed by atoms with Crippen LogP contribution < -0.4 is 10.5 Å². The molecule has 0 saturated carbocycles. The molecule has 2 rings (SSSR count). The lowest BCUT2D eigenvalue weighted by atomic mass is 9.95. The molecule has 1 atom stereocenters. The zero-order valence-electron chi connectivity index (χ0n) is 10.4. The van der Waals surface area contributed by atoms with E-state index in [0.29, 0.717) is 13.0 Å². The van der Waals surface area contributed by atoms with Gasteiger partial charge in [0.05, 0.1) is 5.75 Å².